The molecule has 0 aliphatic rings. The van der Waals surface area contributed by atoms with Gasteiger partial charge in [-0.15, -0.1) is 0 Å². The van der Waals surface area contributed by atoms with E-state index in [9.17, 15) is 4.79 Å². The molecule has 0 fully saturated rings. The third-order valence-electron chi connectivity index (χ3n) is 2.79. The maximum absolute atomic E-state index is 12.0. The lowest BCUT2D eigenvalue weighted by Crippen LogP contribution is -2.06. The van der Waals surface area contributed by atoms with Gasteiger partial charge >= 0.3 is 5.97 Å². The third-order valence-corrected chi connectivity index (χ3v) is 3.22. The van der Waals surface area contributed by atoms with Crippen molar-refractivity contribution in [2.24, 2.45) is 0 Å². The first-order chi connectivity index (χ1) is 10.1. The molecule has 0 aliphatic carbocycles. The molecular weight excluding hydrogens is 338 g/mol. The van der Waals surface area contributed by atoms with Crippen LogP contribution in [0.4, 0.5) is 0 Å². The average Bonchev–Trinajstić information content (AvgIpc) is 2.52. The van der Waals surface area contributed by atoms with E-state index in [4.69, 9.17) is 14.2 Å². The summed E-state index contributed by atoms with van der Waals surface area (Å²) in [6.45, 7) is 0.0890. The summed E-state index contributed by atoms with van der Waals surface area (Å²) in [6.07, 6.45) is 3.05. The minimum atomic E-state index is -0.450. The van der Waals surface area contributed by atoms with E-state index < -0.39 is 5.97 Å². The Morgan fingerprint density at radius 1 is 1.19 bits per heavy atom. The standard InChI is InChI=1S/C15H14BrNO4/c1-19-13-3-4-14(20-2)11(6-13)9-21-15(18)10-5-12(16)8-17-7-10/h3-8H,9H2,1-2H3. The predicted octanol–water partition coefficient (Wildman–Crippen LogP) is 3.22. The minimum absolute atomic E-state index is 0.0890. The summed E-state index contributed by atoms with van der Waals surface area (Å²) in [5.41, 5.74) is 1.11. The highest BCUT2D eigenvalue weighted by molar-refractivity contribution is 9.10. The van der Waals surface area contributed by atoms with Crippen molar-refractivity contribution in [1.29, 1.82) is 0 Å². The fourth-order valence-electron chi connectivity index (χ4n) is 1.74. The lowest BCUT2D eigenvalue weighted by Gasteiger charge is -2.11. The van der Waals surface area contributed by atoms with Crippen LogP contribution in [0.3, 0.4) is 0 Å². The molecule has 21 heavy (non-hydrogen) atoms. The maximum atomic E-state index is 12.0. The number of esters is 1. The van der Waals surface area contributed by atoms with Crippen molar-refractivity contribution in [2.45, 2.75) is 6.61 Å². The lowest BCUT2D eigenvalue weighted by molar-refractivity contribution is 0.0469. The molecule has 110 valence electrons. The number of carbonyl (C=O) groups excluding carboxylic acids is 1. The van der Waals surface area contributed by atoms with Crippen molar-refractivity contribution in [3.63, 3.8) is 0 Å². The van der Waals surface area contributed by atoms with Crippen LogP contribution in [0, 0.1) is 0 Å². The smallest absolute Gasteiger partial charge is 0.340 e. The van der Waals surface area contributed by atoms with Crippen molar-refractivity contribution in [3.05, 3.63) is 52.3 Å². The summed E-state index contributed by atoms with van der Waals surface area (Å²) in [7, 11) is 3.14. The zero-order valence-electron chi connectivity index (χ0n) is 11.6. The Morgan fingerprint density at radius 2 is 2.00 bits per heavy atom. The number of hydrogen-bond acceptors (Lipinski definition) is 5. The quantitative estimate of drug-likeness (QED) is 0.774. The van der Waals surface area contributed by atoms with Gasteiger partial charge in [-0.3, -0.25) is 4.98 Å². The van der Waals surface area contributed by atoms with Gasteiger partial charge in [0.1, 0.15) is 18.1 Å². The number of benzene rings is 1. The minimum Gasteiger partial charge on any atom is -0.497 e. The highest BCUT2D eigenvalue weighted by atomic mass is 79.9. The fourth-order valence-corrected chi connectivity index (χ4v) is 2.11. The third kappa shape index (κ3) is 3.95. The van der Waals surface area contributed by atoms with Gasteiger partial charge in [0.15, 0.2) is 0 Å². The molecule has 0 spiro atoms. The summed E-state index contributed by atoms with van der Waals surface area (Å²) in [5, 5.41) is 0. The number of pyridine rings is 1. The van der Waals surface area contributed by atoms with Crippen molar-refractivity contribution >= 4 is 21.9 Å². The molecule has 0 atom stereocenters. The molecule has 0 bridgehead atoms. The zero-order chi connectivity index (χ0) is 15.2. The van der Waals surface area contributed by atoms with Crippen LogP contribution in [0.1, 0.15) is 15.9 Å². The van der Waals surface area contributed by atoms with E-state index in [0.29, 0.717) is 17.1 Å². The Labute approximate surface area is 131 Å². The number of carbonyl (C=O) groups is 1. The van der Waals surface area contributed by atoms with Crippen molar-refractivity contribution in [3.8, 4) is 11.5 Å². The number of ether oxygens (including phenoxy) is 3. The Morgan fingerprint density at radius 3 is 2.67 bits per heavy atom. The second-order valence-electron chi connectivity index (χ2n) is 4.15. The highest BCUT2D eigenvalue weighted by Gasteiger charge is 2.11. The van der Waals surface area contributed by atoms with Crippen molar-refractivity contribution in [2.75, 3.05) is 14.2 Å². The van der Waals surface area contributed by atoms with E-state index in [1.54, 1.807) is 44.7 Å². The van der Waals surface area contributed by atoms with Gasteiger partial charge in [-0.25, -0.2) is 4.79 Å². The number of aromatic nitrogens is 1. The first-order valence-corrected chi connectivity index (χ1v) is 6.92. The van der Waals surface area contributed by atoms with Crippen LogP contribution in [0.25, 0.3) is 0 Å². The number of methoxy groups -OCH3 is 2. The first-order valence-electron chi connectivity index (χ1n) is 6.12. The van der Waals surface area contributed by atoms with Crippen LogP contribution < -0.4 is 9.47 Å². The van der Waals surface area contributed by atoms with E-state index in [-0.39, 0.29) is 6.61 Å². The van der Waals surface area contributed by atoms with Gasteiger partial charge in [-0.05, 0) is 40.2 Å². The Balaban J connectivity index is 2.10. The average molecular weight is 352 g/mol. The van der Waals surface area contributed by atoms with Gasteiger partial charge < -0.3 is 14.2 Å². The zero-order valence-corrected chi connectivity index (χ0v) is 13.2. The van der Waals surface area contributed by atoms with E-state index in [1.807, 2.05) is 0 Å². The van der Waals surface area contributed by atoms with Gasteiger partial charge in [0.25, 0.3) is 0 Å². The van der Waals surface area contributed by atoms with Gasteiger partial charge in [0.05, 0.1) is 19.8 Å². The number of nitrogens with zero attached hydrogens (tertiary/aromatic N) is 1. The van der Waals surface area contributed by atoms with Gasteiger partial charge in [0.2, 0.25) is 0 Å². The molecule has 2 aromatic rings. The van der Waals surface area contributed by atoms with Crippen LogP contribution in [0.2, 0.25) is 0 Å². The lowest BCUT2D eigenvalue weighted by atomic mass is 10.2. The van der Waals surface area contributed by atoms with E-state index in [2.05, 4.69) is 20.9 Å². The summed E-state index contributed by atoms with van der Waals surface area (Å²) < 4.78 is 16.4. The van der Waals surface area contributed by atoms with Crippen molar-refractivity contribution in [1.82, 2.24) is 4.98 Å². The summed E-state index contributed by atoms with van der Waals surface area (Å²) >= 11 is 3.26. The predicted molar refractivity (Wildman–Crippen MR) is 80.6 cm³/mol. The molecule has 5 nitrogen and oxygen atoms in total. The highest BCUT2D eigenvalue weighted by Crippen LogP contribution is 2.25. The van der Waals surface area contributed by atoms with Crippen LogP contribution in [-0.4, -0.2) is 25.2 Å². The molecule has 0 saturated carbocycles. The number of halogens is 1. The SMILES string of the molecule is COc1ccc(OC)c(COC(=O)c2cncc(Br)c2)c1. The van der Waals surface area contributed by atoms with E-state index in [0.717, 1.165) is 10.0 Å². The second kappa shape index (κ2) is 7.08. The summed E-state index contributed by atoms with van der Waals surface area (Å²) in [6, 6.07) is 6.97. The molecule has 0 saturated heterocycles. The number of rotatable bonds is 5. The fraction of sp³-hybridized carbons (Fsp3) is 0.200. The maximum Gasteiger partial charge on any atom is 0.340 e. The topological polar surface area (TPSA) is 57.7 Å². The largest absolute Gasteiger partial charge is 0.497 e. The van der Waals surface area contributed by atoms with Gasteiger partial charge in [0, 0.05) is 22.4 Å². The normalized spacial score (nSPS) is 10.0. The molecule has 1 heterocycles. The van der Waals surface area contributed by atoms with Crippen molar-refractivity contribution < 1.29 is 19.0 Å². The Kier molecular flexibility index (Phi) is 5.16. The molecule has 0 N–H and O–H groups in total. The van der Waals surface area contributed by atoms with Gasteiger partial charge in [-0.2, -0.15) is 0 Å². The molecule has 2 rings (SSSR count). The van der Waals surface area contributed by atoms with Gasteiger partial charge in [-0.1, -0.05) is 0 Å². The van der Waals surface area contributed by atoms with Crippen LogP contribution in [-0.2, 0) is 11.3 Å². The molecule has 0 aliphatic heterocycles. The second-order valence-corrected chi connectivity index (χ2v) is 5.06. The molecular formula is C15H14BrNO4. The van der Waals surface area contributed by atoms with Crippen LogP contribution in [0.15, 0.2) is 41.1 Å². The van der Waals surface area contributed by atoms with E-state index in [1.165, 1.54) is 6.20 Å². The number of hydrogen-bond donors (Lipinski definition) is 0. The molecule has 1 aromatic carbocycles. The Hall–Kier alpha value is -2.08. The molecule has 6 heteroatoms. The van der Waals surface area contributed by atoms with Crippen LogP contribution in [0.5, 0.6) is 11.5 Å². The Bertz CT molecular complexity index is 645. The van der Waals surface area contributed by atoms with Crippen LogP contribution >= 0.6 is 15.9 Å². The molecule has 1 aromatic heterocycles. The molecule has 0 unspecified atom stereocenters. The summed E-state index contributed by atoms with van der Waals surface area (Å²) in [5.74, 6) is 0.857. The first kappa shape index (κ1) is 15.3. The summed E-state index contributed by atoms with van der Waals surface area (Å²) in [4.78, 5) is 15.9. The monoisotopic (exact) mass is 351 g/mol. The molecule has 0 amide bonds. The molecule has 0 radical (unpaired) electrons. The van der Waals surface area contributed by atoms with E-state index >= 15 is 0 Å².